The molecule has 2 N–H and O–H groups in total. The van der Waals surface area contributed by atoms with E-state index >= 15 is 0 Å². The van der Waals surface area contributed by atoms with Crippen molar-refractivity contribution in [1.82, 2.24) is 4.98 Å². The highest BCUT2D eigenvalue weighted by Crippen LogP contribution is 2.37. The summed E-state index contributed by atoms with van der Waals surface area (Å²) in [6.45, 7) is 0. The van der Waals surface area contributed by atoms with Gasteiger partial charge in [-0.1, -0.05) is 18.2 Å². The van der Waals surface area contributed by atoms with Crippen molar-refractivity contribution in [2.75, 3.05) is 0 Å². The number of fused-ring (bicyclic) bond motifs is 1. The lowest BCUT2D eigenvalue weighted by Gasteiger charge is -2.16. The molecule has 0 saturated heterocycles. The number of thiazole rings is 1. The SMILES string of the molecule is NC(c1nc2c(s1)CCCC2)c1ccccc1C(F)(F)F. The molecule has 1 unspecified atom stereocenters. The molecule has 112 valence electrons. The highest BCUT2D eigenvalue weighted by Gasteiger charge is 2.35. The molecular formula is C15H15F3N2S. The first kappa shape index (κ1) is 14.5. The number of rotatable bonds is 2. The van der Waals surface area contributed by atoms with Gasteiger partial charge in [0.05, 0.1) is 17.3 Å². The van der Waals surface area contributed by atoms with Crippen LogP contribution in [0.15, 0.2) is 24.3 Å². The van der Waals surface area contributed by atoms with Crippen LogP contribution in [0, 0.1) is 0 Å². The number of alkyl halides is 3. The van der Waals surface area contributed by atoms with E-state index in [1.165, 1.54) is 28.3 Å². The molecule has 6 heteroatoms. The Morgan fingerprint density at radius 2 is 1.86 bits per heavy atom. The van der Waals surface area contributed by atoms with Crippen molar-refractivity contribution in [3.8, 4) is 0 Å². The number of aromatic nitrogens is 1. The largest absolute Gasteiger partial charge is 0.416 e. The van der Waals surface area contributed by atoms with Gasteiger partial charge in [-0.15, -0.1) is 11.3 Å². The zero-order valence-corrected chi connectivity index (χ0v) is 12.1. The van der Waals surface area contributed by atoms with Crippen LogP contribution in [0.1, 0.15) is 45.6 Å². The Labute approximate surface area is 124 Å². The second-order valence-electron chi connectivity index (χ2n) is 5.19. The molecule has 3 rings (SSSR count). The van der Waals surface area contributed by atoms with Crippen molar-refractivity contribution in [3.63, 3.8) is 0 Å². The predicted molar refractivity (Wildman–Crippen MR) is 76.2 cm³/mol. The molecule has 1 atom stereocenters. The number of halogens is 3. The van der Waals surface area contributed by atoms with E-state index in [1.807, 2.05) is 0 Å². The quantitative estimate of drug-likeness (QED) is 0.907. The Morgan fingerprint density at radius 1 is 1.14 bits per heavy atom. The molecule has 21 heavy (non-hydrogen) atoms. The maximum absolute atomic E-state index is 13.1. The summed E-state index contributed by atoms with van der Waals surface area (Å²) in [5.41, 5.74) is 6.51. The van der Waals surface area contributed by atoms with E-state index in [9.17, 15) is 13.2 Å². The maximum Gasteiger partial charge on any atom is 0.416 e. The molecular weight excluding hydrogens is 297 g/mol. The topological polar surface area (TPSA) is 38.9 Å². The fourth-order valence-corrected chi connectivity index (χ4v) is 3.84. The summed E-state index contributed by atoms with van der Waals surface area (Å²) in [7, 11) is 0. The molecule has 0 bridgehead atoms. The summed E-state index contributed by atoms with van der Waals surface area (Å²) in [6.07, 6.45) is -0.335. The summed E-state index contributed by atoms with van der Waals surface area (Å²) in [4.78, 5) is 5.65. The van der Waals surface area contributed by atoms with Crippen molar-refractivity contribution in [1.29, 1.82) is 0 Å². The van der Waals surface area contributed by atoms with Crippen molar-refractivity contribution in [3.05, 3.63) is 51.0 Å². The Hall–Kier alpha value is -1.40. The van der Waals surface area contributed by atoms with Crippen LogP contribution >= 0.6 is 11.3 Å². The third-order valence-corrected chi connectivity index (χ3v) is 4.97. The van der Waals surface area contributed by atoms with Gasteiger partial charge >= 0.3 is 6.18 Å². The Kier molecular flexibility index (Phi) is 3.75. The standard InChI is InChI=1S/C15H15F3N2S/c16-15(17,18)10-6-2-1-5-9(10)13(19)14-20-11-7-3-4-8-12(11)21-14/h1-2,5-6,13H,3-4,7-8,19H2. The fourth-order valence-electron chi connectivity index (χ4n) is 2.66. The third kappa shape index (κ3) is 2.82. The fraction of sp³-hybridized carbons (Fsp3) is 0.400. The Bertz CT molecular complexity index is 625. The van der Waals surface area contributed by atoms with Gasteiger partial charge in [0, 0.05) is 4.88 Å². The number of hydrogen-bond donors (Lipinski definition) is 1. The summed E-state index contributed by atoms with van der Waals surface area (Å²) in [6, 6.07) is 4.65. The first-order chi connectivity index (χ1) is 9.97. The van der Waals surface area contributed by atoms with Crippen LogP contribution in [0.4, 0.5) is 13.2 Å². The third-order valence-electron chi connectivity index (χ3n) is 3.73. The highest BCUT2D eigenvalue weighted by atomic mass is 32.1. The lowest BCUT2D eigenvalue weighted by molar-refractivity contribution is -0.138. The van der Waals surface area contributed by atoms with Crippen LogP contribution in [0.2, 0.25) is 0 Å². The number of aryl methyl sites for hydroxylation is 2. The minimum atomic E-state index is -4.40. The van der Waals surface area contributed by atoms with E-state index in [0.717, 1.165) is 37.4 Å². The zero-order chi connectivity index (χ0) is 15.0. The number of nitrogens with zero attached hydrogens (tertiary/aromatic N) is 1. The monoisotopic (exact) mass is 312 g/mol. The van der Waals surface area contributed by atoms with Crippen molar-refractivity contribution in [2.45, 2.75) is 37.9 Å². The molecule has 2 aromatic rings. The molecule has 1 aromatic heterocycles. The molecule has 0 fully saturated rings. The van der Waals surface area contributed by atoms with Crippen LogP contribution in [-0.4, -0.2) is 4.98 Å². The molecule has 1 aliphatic carbocycles. The van der Waals surface area contributed by atoms with Gasteiger partial charge in [0.25, 0.3) is 0 Å². The molecule has 2 nitrogen and oxygen atoms in total. The Balaban J connectivity index is 1.99. The maximum atomic E-state index is 13.1. The van der Waals surface area contributed by atoms with Gasteiger partial charge in [-0.2, -0.15) is 13.2 Å². The second kappa shape index (κ2) is 5.42. The van der Waals surface area contributed by atoms with Gasteiger partial charge in [-0.05, 0) is 37.3 Å². The molecule has 1 aromatic carbocycles. The predicted octanol–water partition coefficient (Wildman–Crippen LogP) is 4.09. The number of benzene rings is 1. The minimum Gasteiger partial charge on any atom is -0.318 e. The van der Waals surface area contributed by atoms with E-state index < -0.39 is 17.8 Å². The van der Waals surface area contributed by atoms with Crippen LogP contribution in [0.25, 0.3) is 0 Å². The van der Waals surface area contributed by atoms with Gasteiger partial charge in [0.15, 0.2) is 0 Å². The summed E-state index contributed by atoms with van der Waals surface area (Å²) < 4.78 is 39.2. The molecule has 1 heterocycles. The van der Waals surface area contributed by atoms with Gasteiger partial charge < -0.3 is 5.73 Å². The van der Waals surface area contributed by atoms with E-state index in [1.54, 1.807) is 6.07 Å². The average Bonchev–Trinajstić information content (AvgIpc) is 2.89. The second-order valence-corrected chi connectivity index (χ2v) is 6.31. The number of hydrogen-bond acceptors (Lipinski definition) is 3. The lowest BCUT2D eigenvalue weighted by Crippen LogP contribution is -2.18. The van der Waals surface area contributed by atoms with Gasteiger partial charge in [-0.3, -0.25) is 0 Å². The smallest absolute Gasteiger partial charge is 0.318 e. The number of nitrogens with two attached hydrogens (primary N) is 1. The van der Waals surface area contributed by atoms with E-state index in [0.29, 0.717) is 5.01 Å². The van der Waals surface area contributed by atoms with Crippen molar-refractivity contribution < 1.29 is 13.2 Å². The summed E-state index contributed by atoms with van der Waals surface area (Å²) >= 11 is 1.45. The van der Waals surface area contributed by atoms with Gasteiger partial charge in [-0.25, -0.2) is 4.98 Å². The van der Waals surface area contributed by atoms with Gasteiger partial charge in [0.2, 0.25) is 0 Å². The van der Waals surface area contributed by atoms with E-state index in [-0.39, 0.29) is 5.56 Å². The first-order valence-corrected chi connectivity index (χ1v) is 7.68. The molecule has 0 spiro atoms. The first-order valence-electron chi connectivity index (χ1n) is 6.87. The molecule has 0 amide bonds. The zero-order valence-electron chi connectivity index (χ0n) is 11.3. The Morgan fingerprint density at radius 3 is 2.57 bits per heavy atom. The molecule has 1 aliphatic rings. The molecule has 0 radical (unpaired) electrons. The normalized spacial score (nSPS) is 16.6. The van der Waals surface area contributed by atoms with Crippen LogP contribution in [-0.2, 0) is 19.0 Å². The van der Waals surface area contributed by atoms with E-state index in [4.69, 9.17) is 5.73 Å². The van der Waals surface area contributed by atoms with Crippen LogP contribution in [0.5, 0.6) is 0 Å². The molecule has 0 saturated carbocycles. The van der Waals surface area contributed by atoms with Crippen LogP contribution < -0.4 is 5.73 Å². The van der Waals surface area contributed by atoms with Crippen molar-refractivity contribution in [2.24, 2.45) is 5.73 Å². The lowest BCUT2D eigenvalue weighted by atomic mass is 10.0. The van der Waals surface area contributed by atoms with Crippen LogP contribution in [0.3, 0.4) is 0 Å². The highest BCUT2D eigenvalue weighted by molar-refractivity contribution is 7.11. The minimum absolute atomic E-state index is 0.0936. The van der Waals surface area contributed by atoms with Gasteiger partial charge in [0.1, 0.15) is 5.01 Å². The summed E-state index contributed by atoms with van der Waals surface area (Å²) in [5, 5.41) is 0.582. The molecule has 0 aliphatic heterocycles. The average molecular weight is 312 g/mol. The van der Waals surface area contributed by atoms with E-state index in [2.05, 4.69) is 4.98 Å². The van der Waals surface area contributed by atoms with Crippen molar-refractivity contribution >= 4 is 11.3 Å². The summed E-state index contributed by atoms with van der Waals surface area (Å²) in [5.74, 6) is 0.